The summed E-state index contributed by atoms with van der Waals surface area (Å²) < 4.78 is 36.9. The van der Waals surface area contributed by atoms with Crippen LogP contribution in [0.4, 0.5) is 13.2 Å². The Bertz CT molecular complexity index is 452. The third-order valence-corrected chi connectivity index (χ3v) is 2.15. The first-order chi connectivity index (χ1) is 7.48. The lowest BCUT2D eigenvalue weighted by atomic mass is 10.2. The summed E-state index contributed by atoms with van der Waals surface area (Å²) in [5.74, 6) is 0. The number of hydrogen-bond acceptors (Lipinski definition) is 3. The first-order valence-corrected chi connectivity index (χ1v) is 4.51. The van der Waals surface area contributed by atoms with Gasteiger partial charge in [0.25, 0.3) is 0 Å². The van der Waals surface area contributed by atoms with Gasteiger partial charge in [-0.05, 0) is 12.2 Å². The number of likely N-dealkylation sites (N-methyl/N-ethyl adjacent to an activating group) is 1. The molecule has 2 rings (SSSR count). The second-order valence-corrected chi connectivity index (χ2v) is 3.31. The van der Waals surface area contributed by atoms with E-state index in [4.69, 9.17) is 0 Å². The minimum atomic E-state index is -4.45. The van der Waals surface area contributed by atoms with Crippen LogP contribution in [0.25, 0.3) is 0 Å². The van der Waals surface area contributed by atoms with Gasteiger partial charge in [-0.25, -0.2) is 0 Å². The second-order valence-electron chi connectivity index (χ2n) is 3.31. The van der Waals surface area contributed by atoms with Gasteiger partial charge in [-0.1, -0.05) is 6.08 Å². The molecule has 3 nitrogen and oxygen atoms in total. The zero-order chi connectivity index (χ0) is 11.8. The molecule has 0 atom stereocenters. The van der Waals surface area contributed by atoms with Crippen LogP contribution >= 0.6 is 0 Å². The maximum Gasteiger partial charge on any atom is 0.435 e. The van der Waals surface area contributed by atoms with E-state index in [1.165, 1.54) is 0 Å². The van der Waals surface area contributed by atoms with Gasteiger partial charge >= 0.3 is 6.18 Å². The first-order valence-electron chi connectivity index (χ1n) is 4.51. The molecular formula is C10H8F3N3. The highest BCUT2D eigenvalue weighted by atomic mass is 19.4. The topological polar surface area (TPSA) is 28.0 Å². The molecule has 0 saturated heterocycles. The highest BCUT2D eigenvalue weighted by Crippen LogP contribution is 2.33. The molecule has 0 aromatic heterocycles. The van der Waals surface area contributed by atoms with Gasteiger partial charge < -0.3 is 4.90 Å². The molecule has 0 amide bonds. The van der Waals surface area contributed by atoms with Gasteiger partial charge in [-0.3, -0.25) is 0 Å². The smallest absolute Gasteiger partial charge is 0.349 e. The van der Waals surface area contributed by atoms with Crippen molar-refractivity contribution in [1.29, 1.82) is 0 Å². The summed E-state index contributed by atoms with van der Waals surface area (Å²) in [7, 11) is 1.73. The van der Waals surface area contributed by atoms with E-state index in [0.29, 0.717) is 5.70 Å². The van der Waals surface area contributed by atoms with Gasteiger partial charge in [0.15, 0.2) is 5.70 Å². The highest BCUT2D eigenvalue weighted by molar-refractivity contribution is 5.40. The summed E-state index contributed by atoms with van der Waals surface area (Å²) in [6.07, 6.45) is 3.43. The number of halogens is 3. The van der Waals surface area contributed by atoms with E-state index >= 15 is 0 Å². The second kappa shape index (κ2) is 3.62. The maximum absolute atomic E-state index is 12.3. The van der Waals surface area contributed by atoms with E-state index < -0.39 is 11.9 Å². The van der Waals surface area contributed by atoms with Gasteiger partial charge in [0.1, 0.15) is 5.70 Å². The number of alkyl halides is 3. The Morgan fingerprint density at radius 2 is 1.94 bits per heavy atom. The maximum atomic E-state index is 12.3. The highest BCUT2D eigenvalue weighted by Gasteiger charge is 2.36. The zero-order valence-corrected chi connectivity index (χ0v) is 8.36. The van der Waals surface area contributed by atoms with Gasteiger partial charge in [0.2, 0.25) is 0 Å². The summed E-state index contributed by atoms with van der Waals surface area (Å²) in [5, 5.41) is 6.64. The molecule has 2 aliphatic heterocycles. The molecule has 0 aromatic carbocycles. The van der Waals surface area contributed by atoms with E-state index in [1.807, 2.05) is 0 Å². The number of nitrogens with zero attached hydrogens (tertiary/aromatic N) is 3. The molecule has 0 saturated carbocycles. The summed E-state index contributed by atoms with van der Waals surface area (Å²) in [6, 6.07) is 0. The quantitative estimate of drug-likeness (QED) is 0.624. The molecular weight excluding hydrogens is 219 g/mol. The largest absolute Gasteiger partial charge is 0.435 e. The molecule has 0 fully saturated rings. The first kappa shape index (κ1) is 10.7. The van der Waals surface area contributed by atoms with Gasteiger partial charge in [-0.15, -0.1) is 10.2 Å². The fourth-order valence-corrected chi connectivity index (χ4v) is 1.35. The summed E-state index contributed by atoms with van der Waals surface area (Å²) in [5.41, 5.74) is -0.160. The number of allylic oxidation sites excluding steroid dienone is 5. The lowest BCUT2D eigenvalue weighted by molar-refractivity contribution is -0.0924. The van der Waals surface area contributed by atoms with Crippen LogP contribution in [-0.4, -0.2) is 18.1 Å². The van der Waals surface area contributed by atoms with Crippen molar-refractivity contribution < 1.29 is 13.2 Å². The normalized spacial score (nSPS) is 24.2. The van der Waals surface area contributed by atoms with Crippen LogP contribution < -0.4 is 0 Å². The van der Waals surface area contributed by atoms with Crippen LogP contribution in [0.1, 0.15) is 0 Å². The van der Waals surface area contributed by atoms with E-state index in [-0.39, 0.29) is 5.70 Å². The SMILES string of the molecule is CN1C=CC=CC1=C1C=C(C(F)(F)F)N=N1. The molecule has 0 unspecified atom stereocenters. The average molecular weight is 227 g/mol. The van der Waals surface area contributed by atoms with Crippen LogP contribution in [0.15, 0.2) is 57.8 Å². The number of hydrogen-bond donors (Lipinski definition) is 0. The van der Waals surface area contributed by atoms with Gasteiger partial charge in [0, 0.05) is 19.3 Å². The number of azo groups is 1. The minimum Gasteiger partial charge on any atom is -0.349 e. The van der Waals surface area contributed by atoms with Crippen LogP contribution in [-0.2, 0) is 0 Å². The lowest BCUT2D eigenvalue weighted by Crippen LogP contribution is -2.12. The van der Waals surface area contributed by atoms with E-state index in [9.17, 15) is 13.2 Å². The molecule has 6 heteroatoms. The molecule has 0 spiro atoms. The Kier molecular flexibility index (Phi) is 2.41. The molecule has 2 heterocycles. The predicted octanol–water partition coefficient (Wildman–Crippen LogP) is 3.13. The Morgan fingerprint density at radius 3 is 2.50 bits per heavy atom. The van der Waals surface area contributed by atoms with E-state index in [0.717, 1.165) is 6.08 Å². The molecule has 2 aliphatic rings. The molecule has 84 valence electrons. The fraction of sp³-hybridized carbons (Fsp3) is 0.200. The minimum absolute atomic E-state index is 0.218. The molecule has 0 aliphatic carbocycles. The Morgan fingerprint density at radius 1 is 1.19 bits per heavy atom. The van der Waals surface area contributed by atoms with E-state index in [2.05, 4.69) is 10.2 Å². The monoisotopic (exact) mass is 227 g/mol. The Labute approximate surface area is 90.0 Å². The van der Waals surface area contributed by atoms with Crippen molar-refractivity contribution in [3.05, 3.63) is 47.6 Å². The van der Waals surface area contributed by atoms with E-state index in [1.54, 1.807) is 36.4 Å². The van der Waals surface area contributed by atoms with Crippen molar-refractivity contribution in [2.75, 3.05) is 7.05 Å². The molecule has 0 bridgehead atoms. The van der Waals surface area contributed by atoms with Gasteiger partial charge in [-0.2, -0.15) is 13.2 Å². The average Bonchev–Trinajstić information content (AvgIpc) is 2.66. The lowest BCUT2D eigenvalue weighted by Gasteiger charge is -2.18. The molecule has 0 radical (unpaired) electrons. The Balaban J connectivity index is 2.36. The van der Waals surface area contributed by atoms with Crippen LogP contribution in [0, 0.1) is 0 Å². The zero-order valence-electron chi connectivity index (χ0n) is 8.36. The third-order valence-electron chi connectivity index (χ3n) is 2.15. The summed E-state index contributed by atoms with van der Waals surface area (Å²) >= 11 is 0. The molecule has 0 aromatic rings. The van der Waals surface area contributed by atoms with Crippen molar-refractivity contribution in [2.45, 2.75) is 6.18 Å². The Hall–Kier alpha value is -1.85. The molecule has 0 N–H and O–H groups in total. The van der Waals surface area contributed by atoms with Crippen molar-refractivity contribution >= 4 is 0 Å². The third kappa shape index (κ3) is 1.91. The van der Waals surface area contributed by atoms with Crippen molar-refractivity contribution in [1.82, 2.24) is 4.90 Å². The predicted molar refractivity (Wildman–Crippen MR) is 52.1 cm³/mol. The number of rotatable bonds is 0. The standard InChI is InChI=1S/C10H8F3N3/c1-16-5-3-2-4-8(16)7-6-9(15-14-7)10(11,12)13/h2-6H,1H3. The molecule has 16 heavy (non-hydrogen) atoms. The van der Waals surface area contributed by atoms with Crippen LogP contribution in [0.2, 0.25) is 0 Å². The van der Waals surface area contributed by atoms with Crippen LogP contribution in [0.3, 0.4) is 0 Å². The van der Waals surface area contributed by atoms with Crippen molar-refractivity contribution in [2.24, 2.45) is 10.2 Å². The fourth-order valence-electron chi connectivity index (χ4n) is 1.35. The van der Waals surface area contributed by atoms with Crippen molar-refractivity contribution in [3.63, 3.8) is 0 Å². The van der Waals surface area contributed by atoms with Crippen molar-refractivity contribution in [3.8, 4) is 0 Å². The van der Waals surface area contributed by atoms with Crippen LogP contribution in [0.5, 0.6) is 0 Å². The summed E-state index contributed by atoms with van der Waals surface area (Å²) in [6.45, 7) is 0. The van der Waals surface area contributed by atoms with Gasteiger partial charge in [0.05, 0.1) is 5.70 Å². The summed E-state index contributed by atoms with van der Waals surface area (Å²) in [4.78, 5) is 1.68.